The van der Waals surface area contributed by atoms with Gasteiger partial charge in [-0.2, -0.15) is 0 Å². The van der Waals surface area contributed by atoms with Crippen LogP contribution in [0, 0.1) is 0 Å². The van der Waals surface area contributed by atoms with Crippen molar-refractivity contribution in [2.24, 2.45) is 0 Å². The Kier molecular flexibility index (Phi) is 7.36. The number of carbonyl (C=O) groups is 1. The average molecular weight is 605 g/mol. The zero-order valence-electron chi connectivity index (χ0n) is 22.4. The molecule has 2 aromatic heterocycles. The van der Waals surface area contributed by atoms with Crippen LogP contribution in [0.15, 0.2) is 70.1 Å². The molecule has 0 fully saturated rings. The third-order valence-electron chi connectivity index (χ3n) is 6.63. The zero-order chi connectivity index (χ0) is 28.6. The first-order valence-electron chi connectivity index (χ1n) is 12.1. The van der Waals surface area contributed by atoms with E-state index >= 15 is 0 Å². The van der Waals surface area contributed by atoms with E-state index in [2.05, 4.69) is 20.9 Å². The Morgan fingerprint density at radius 3 is 2.17 bits per heavy atom. The van der Waals surface area contributed by atoms with Crippen molar-refractivity contribution in [2.75, 3.05) is 35.5 Å². The monoisotopic (exact) mass is 604 g/mol. The number of halogens is 1. The molecule has 40 heavy (non-hydrogen) atoms. The largest absolute Gasteiger partial charge is 0.493 e. The van der Waals surface area contributed by atoms with Gasteiger partial charge in [-0.05, 0) is 70.0 Å². The number of pyridine rings is 2. The Morgan fingerprint density at radius 2 is 1.52 bits per heavy atom. The van der Waals surface area contributed by atoms with Crippen molar-refractivity contribution in [3.63, 3.8) is 0 Å². The molecule has 0 aliphatic carbocycles. The van der Waals surface area contributed by atoms with Crippen molar-refractivity contribution in [3.05, 3.63) is 81.3 Å². The standard InChI is InChI=1S/C30H25BrN2O7/c1-36-23-14-19-20(15-24(23)37-2)29(34)33(18-8-9-22-16(11-18)7-6-10-32-22)27(30(35)40-5)26(19)17-12-21(31)28(39-4)25(13-17)38-3/h6-15H,1-5H3. The summed E-state index contributed by atoms with van der Waals surface area (Å²) in [6.07, 6.45) is 1.69. The maximum atomic E-state index is 14.2. The van der Waals surface area contributed by atoms with Crippen LogP contribution in [0.1, 0.15) is 10.5 Å². The van der Waals surface area contributed by atoms with Gasteiger partial charge in [-0.15, -0.1) is 0 Å². The smallest absolute Gasteiger partial charge is 0.355 e. The van der Waals surface area contributed by atoms with Gasteiger partial charge in [0.25, 0.3) is 5.56 Å². The molecule has 0 radical (unpaired) electrons. The molecule has 0 saturated heterocycles. The number of hydrogen-bond acceptors (Lipinski definition) is 8. The molecule has 204 valence electrons. The summed E-state index contributed by atoms with van der Waals surface area (Å²) < 4.78 is 29.4. The first kappa shape index (κ1) is 27.0. The minimum atomic E-state index is -0.707. The summed E-state index contributed by atoms with van der Waals surface area (Å²) in [4.78, 5) is 32.2. The molecule has 9 nitrogen and oxygen atoms in total. The highest BCUT2D eigenvalue weighted by Crippen LogP contribution is 2.44. The Balaban J connectivity index is 2.02. The summed E-state index contributed by atoms with van der Waals surface area (Å²) in [5.74, 6) is 0.948. The van der Waals surface area contributed by atoms with Crippen molar-refractivity contribution in [3.8, 4) is 39.8 Å². The lowest BCUT2D eigenvalue weighted by Crippen LogP contribution is -2.27. The highest BCUT2D eigenvalue weighted by molar-refractivity contribution is 9.10. The lowest BCUT2D eigenvalue weighted by molar-refractivity contribution is 0.0591. The number of rotatable bonds is 7. The van der Waals surface area contributed by atoms with Crippen LogP contribution in [-0.2, 0) is 4.74 Å². The maximum Gasteiger partial charge on any atom is 0.355 e. The maximum absolute atomic E-state index is 14.2. The lowest BCUT2D eigenvalue weighted by atomic mass is 9.95. The summed E-state index contributed by atoms with van der Waals surface area (Å²) in [5, 5.41) is 1.56. The van der Waals surface area contributed by atoms with Gasteiger partial charge >= 0.3 is 5.97 Å². The van der Waals surface area contributed by atoms with Crippen LogP contribution in [-0.4, -0.2) is 51.1 Å². The van der Waals surface area contributed by atoms with Crippen molar-refractivity contribution >= 4 is 43.6 Å². The molecule has 0 saturated carbocycles. The Bertz CT molecular complexity index is 1850. The van der Waals surface area contributed by atoms with Crippen molar-refractivity contribution in [1.82, 2.24) is 9.55 Å². The number of carbonyl (C=O) groups excluding carboxylic acids is 1. The van der Waals surface area contributed by atoms with Crippen molar-refractivity contribution in [2.45, 2.75) is 0 Å². The normalized spacial score (nSPS) is 10.9. The van der Waals surface area contributed by atoms with E-state index in [9.17, 15) is 9.59 Å². The lowest BCUT2D eigenvalue weighted by Gasteiger charge is -2.21. The van der Waals surface area contributed by atoms with E-state index in [1.54, 1.807) is 54.7 Å². The number of hydrogen-bond donors (Lipinski definition) is 0. The first-order valence-corrected chi connectivity index (χ1v) is 12.9. The fourth-order valence-corrected chi connectivity index (χ4v) is 5.42. The quantitative estimate of drug-likeness (QED) is 0.215. The number of benzene rings is 3. The molecule has 0 aliphatic rings. The van der Waals surface area contributed by atoms with Crippen LogP contribution in [0.4, 0.5) is 0 Å². The van der Waals surface area contributed by atoms with E-state index in [1.807, 2.05) is 6.07 Å². The number of fused-ring (bicyclic) bond motifs is 2. The van der Waals surface area contributed by atoms with Crippen molar-refractivity contribution < 1.29 is 28.5 Å². The molecular weight excluding hydrogens is 580 g/mol. The van der Waals surface area contributed by atoms with Crippen LogP contribution >= 0.6 is 15.9 Å². The van der Waals surface area contributed by atoms with Crippen LogP contribution < -0.4 is 24.5 Å². The number of ether oxygens (including phenoxy) is 5. The number of methoxy groups -OCH3 is 5. The van der Waals surface area contributed by atoms with Crippen LogP contribution in [0.25, 0.3) is 38.5 Å². The molecule has 5 aromatic rings. The molecule has 0 atom stereocenters. The van der Waals surface area contributed by atoms with Gasteiger partial charge in [0.2, 0.25) is 0 Å². The molecule has 0 amide bonds. The predicted octanol–water partition coefficient (Wildman–Crippen LogP) is 5.79. The van der Waals surface area contributed by atoms with Gasteiger partial charge in [-0.25, -0.2) is 4.79 Å². The topological polar surface area (TPSA) is 98.1 Å². The van der Waals surface area contributed by atoms with Crippen LogP contribution in [0.5, 0.6) is 23.0 Å². The van der Waals surface area contributed by atoms with Gasteiger partial charge in [0.05, 0.1) is 56.6 Å². The molecule has 5 rings (SSSR count). The van der Waals surface area contributed by atoms with Crippen molar-refractivity contribution in [1.29, 1.82) is 0 Å². The van der Waals surface area contributed by atoms with E-state index in [0.29, 0.717) is 55.1 Å². The van der Waals surface area contributed by atoms with Crippen LogP contribution in [0.3, 0.4) is 0 Å². The van der Waals surface area contributed by atoms with E-state index < -0.39 is 11.5 Å². The van der Waals surface area contributed by atoms with Gasteiger partial charge in [-0.3, -0.25) is 14.3 Å². The van der Waals surface area contributed by atoms with Gasteiger partial charge in [-0.1, -0.05) is 6.07 Å². The summed E-state index contributed by atoms with van der Waals surface area (Å²) >= 11 is 3.55. The van der Waals surface area contributed by atoms with E-state index in [4.69, 9.17) is 23.7 Å². The minimum absolute atomic E-state index is 0.0228. The molecule has 0 unspecified atom stereocenters. The third-order valence-corrected chi connectivity index (χ3v) is 7.22. The van der Waals surface area contributed by atoms with Gasteiger partial charge in [0, 0.05) is 22.5 Å². The summed E-state index contributed by atoms with van der Waals surface area (Å²) in [6.45, 7) is 0. The van der Waals surface area contributed by atoms with Gasteiger partial charge in [0.15, 0.2) is 23.0 Å². The average Bonchev–Trinajstić information content (AvgIpc) is 2.99. The number of aromatic nitrogens is 2. The highest BCUT2D eigenvalue weighted by atomic mass is 79.9. The Morgan fingerprint density at radius 1 is 0.825 bits per heavy atom. The summed E-state index contributed by atoms with van der Waals surface area (Å²) in [6, 6.07) is 15.8. The Hall–Kier alpha value is -4.57. The number of esters is 1. The fraction of sp³-hybridized carbons (Fsp3) is 0.167. The second kappa shape index (κ2) is 10.9. The fourth-order valence-electron chi connectivity index (χ4n) is 4.82. The van der Waals surface area contributed by atoms with Gasteiger partial charge in [0.1, 0.15) is 5.69 Å². The summed E-state index contributed by atoms with van der Waals surface area (Å²) in [7, 11) is 7.32. The predicted molar refractivity (Wildman–Crippen MR) is 156 cm³/mol. The van der Waals surface area contributed by atoms with Crippen LogP contribution in [0.2, 0.25) is 0 Å². The molecule has 10 heteroatoms. The molecule has 0 N–H and O–H groups in total. The minimum Gasteiger partial charge on any atom is -0.493 e. The highest BCUT2D eigenvalue weighted by Gasteiger charge is 2.28. The summed E-state index contributed by atoms with van der Waals surface area (Å²) in [5.41, 5.74) is 1.78. The SMILES string of the molecule is COC(=O)c1c(-c2cc(Br)c(OC)c(OC)c2)c2cc(OC)c(OC)cc2c(=O)n1-c1ccc2ncccc2c1. The number of nitrogens with zero attached hydrogens (tertiary/aromatic N) is 2. The molecule has 2 heterocycles. The molecular formula is C30H25BrN2O7. The Labute approximate surface area is 238 Å². The zero-order valence-corrected chi connectivity index (χ0v) is 24.0. The van der Waals surface area contributed by atoms with E-state index in [1.165, 1.54) is 40.1 Å². The van der Waals surface area contributed by atoms with E-state index in [0.717, 1.165) is 10.9 Å². The second-order valence-corrected chi connectivity index (χ2v) is 9.54. The molecule has 0 spiro atoms. The van der Waals surface area contributed by atoms with E-state index in [-0.39, 0.29) is 5.69 Å². The second-order valence-electron chi connectivity index (χ2n) is 8.68. The van der Waals surface area contributed by atoms with Gasteiger partial charge < -0.3 is 23.7 Å². The molecule has 0 bridgehead atoms. The first-order chi connectivity index (χ1) is 19.4. The molecule has 3 aromatic carbocycles. The molecule has 0 aliphatic heterocycles. The third kappa shape index (κ3) is 4.40.